The van der Waals surface area contributed by atoms with Crippen LogP contribution in [0.1, 0.15) is 33.6 Å². The molecule has 19 heavy (non-hydrogen) atoms. The highest BCUT2D eigenvalue weighted by molar-refractivity contribution is 5.82. The summed E-state index contributed by atoms with van der Waals surface area (Å²) in [6.07, 6.45) is 8.03. The van der Waals surface area contributed by atoms with Gasteiger partial charge in [-0.2, -0.15) is 0 Å². The molecule has 0 aliphatic rings. The molecule has 5 nitrogen and oxygen atoms in total. The van der Waals surface area contributed by atoms with Crippen LogP contribution in [0.2, 0.25) is 0 Å². The second-order valence-corrected chi connectivity index (χ2v) is 4.38. The van der Waals surface area contributed by atoms with Gasteiger partial charge in [0.25, 0.3) is 0 Å². The third-order valence-electron chi connectivity index (χ3n) is 2.31. The lowest BCUT2D eigenvalue weighted by Gasteiger charge is -2.24. The quantitative estimate of drug-likeness (QED) is 0.161. The summed E-state index contributed by atoms with van der Waals surface area (Å²) in [7, 11) is 2.88. The van der Waals surface area contributed by atoms with E-state index in [4.69, 9.17) is 14.5 Å². The molecule has 0 rings (SSSR count). The molecule has 0 bridgehead atoms. The molecular formula is C14H24O5. The minimum absolute atomic E-state index is 0.193. The van der Waals surface area contributed by atoms with E-state index < -0.39 is 11.8 Å². The van der Waals surface area contributed by atoms with E-state index in [1.54, 1.807) is 33.1 Å². The Morgan fingerprint density at radius 1 is 1.26 bits per heavy atom. The summed E-state index contributed by atoms with van der Waals surface area (Å²) in [5, 5.41) is 0. The average molecular weight is 272 g/mol. The molecule has 110 valence electrons. The van der Waals surface area contributed by atoms with Gasteiger partial charge in [0.1, 0.15) is 6.10 Å². The second kappa shape index (κ2) is 9.72. The highest BCUT2D eigenvalue weighted by Gasteiger charge is 2.20. The summed E-state index contributed by atoms with van der Waals surface area (Å²) in [6, 6.07) is 0. The molecule has 0 saturated carbocycles. The van der Waals surface area contributed by atoms with Gasteiger partial charge in [-0.3, -0.25) is 0 Å². The van der Waals surface area contributed by atoms with Gasteiger partial charge in [0.2, 0.25) is 0 Å². The summed E-state index contributed by atoms with van der Waals surface area (Å²) in [6.45, 7) is 5.57. The number of allylic oxidation sites excluding steroid dienone is 2. The van der Waals surface area contributed by atoms with E-state index in [0.29, 0.717) is 0 Å². The molecule has 0 amide bonds. The largest absolute Gasteiger partial charge is 0.466 e. The Hall–Kier alpha value is -1.17. The second-order valence-electron chi connectivity index (χ2n) is 4.38. The molecular weight excluding hydrogens is 248 g/mol. The molecule has 5 heteroatoms. The van der Waals surface area contributed by atoms with Crippen molar-refractivity contribution in [3.05, 3.63) is 24.3 Å². The summed E-state index contributed by atoms with van der Waals surface area (Å²) in [4.78, 5) is 21.4. The van der Waals surface area contributed by atoms with Crippen LogP contribution < -0.4 is 0 Å². The number of methoxy groups -OCH3 is 2. The van der Waals surface area contributed by atoms with Crippen molar-refractivity contribution in [1.82, 2.24) is 0 Å². The molecule has 0 aromatic heterocycles. The molecule has 0 aliphatic carbocycles. The van der Waals surface area contributed by atoms with Crippen LogP contribution in [-0.4, -0.2) is 32.1 Å². The van der Waals surface area contributed by atoms with Crippen LogP contribution in [0.25, 0.3) is 0 Å². The number of carbonyl (C=O) groups is 1. The van der Waals surface area contributed by atoms with Crippen LogP contribution in [0.4, 0.5) is 0 Å². The van der Waals surface area contributed by atoms with Crippen LogP contribution in [0.15, 0.2) is 24.3 Å². The highest BCUT2D eigenvalue weighted by atomic mass is 17.2. The average Bonchev–Trinajstić information content (AvgIpc) is 2.40. The number of ether oxygens (including phenoxy) is 2. The van der Waals surface area contributed by atoms with Crippen molar-refractivity contribution in [1.29, 1.82) is 0 Å². The maximum Gasteiger partial charge on any atom is 0.330 e. The number of esters is 1. The van der Waals surface area contributed by atoms with Gasteiger partial charge in [0, 0.05) is 13.2 Å². The van der Waals surface area contributed by atoms with Crippen molar-refractivity contribution in [2.75, 3.05) is 14.2 Å². The van der Waals surface area contributed by atoms with Crippen molar-refractivity contribution in [2.45, 2.75) is 45.5 Å². The van der Waals surface area contributed by atoms with Crippen molar-refractivity contribution in [3.63, 3.8) is 0 Å². The molecule has 1 atom stereocenters. The first-order valence-electron chi connectivity index (χ1n) is 6.27. The smallest absolute Gasteiger partial charge is 0.330 e. The van der Waals surface area contributed by atoms with Gasteiger partial charge in [-0.25, -0.2) is 14.6 Å². The monoisotopic (exact) mass is 272 g/mol. The molecule has 0 aromatic rings. The van der Waals surface area contributed by atoms with Gasteiger partial charge in [-0.15, -0.1) is 0 Å². The molecule has 0 fully saturated rings. The maximum absolute atomic E-state index is 10.9. The van der Waals surface area contributed by atoms with E-state index >= 15 is 0 Å². The molecule has 0 heterocycles. The van der Waals surface area contributed by atoms with Crippen molar-refractivity contribution < 1.29 is 24.0 Å². The van der Waals surface area contributed by atoms with Crippen LogP contribution in [0, 0.1) is 0 Å². The number of hydrogen-bond donors (Lipinski definition) is 0. The SMILES string of the molecule is CCCC(/C=C\C=C/C(=O)OC)OOC(C)(C)OC. The van der Waals surface area contributed by atoms with Crippen LogP contribution in [0.3, 0.4) is 0 Å². The third kappa shape index (κ3) is 9.41. The van der Waals surface area contributed by atoms with Crippen LogP contribution in [0.5, 0.6) is 0 Å². The predicted octanol–water partition coefficient (Wildman–Crippen LogP) is 2.77. The molecule has 0 saturated heterocycles. The first-order chi connectivity index (χ1) is 8.95. The van der Waals surface area contributed by atoms with Crippen molar-refractivity contribution >= 4 is 5.97 Å². The Morgan fingerprint density at radius 2 is 1.95 bits per heavy atom. The summed E-state index contributed by atoms with van der Waals surface area (Å²) in [5.41, 5.74) is 0. The molecule has 0 radical (unpaired) electrons. The van der Waals surface area contributed by atoms with Crippen molar-refractivity contribution in [2.24, 2.45) is 0 Å². The van der Waals surface area contributed by atoms with E-state index in [1.807, 2.05) is 6.08 Å². The molecule has 0 spiro atoms. The zero-order chi connectivity index (χ0) is 14.7. The van der Waals surface area contributed by atoms with Gasteiger partial charge in [-0.05, 0) is 20.3 Å². The summed E-state index contributed by atoms with van der Waals surface area (Å²) >= 11 is 0. The van der Waals surface area contributed by atoms with Crippen LogP contribution >= 0.6 is 0 Å². The summed E-state index contributed by atoms with van der Waals surface area (Å²) in [5.74, 6) is -1.18. The van der Waals surface area contributed by atoms with Gasteiger partial charge < -0.3 is 9.47 Å². The lowest BCUT2D eigenvalue weighted by molar-refractivity contribution is -0.425. The molecule has 1 unspecified atom stereocenters. The fourth-order valence-corrected chi connectivity index (χ4v) is 1.06. The number of carbonyl (C=O) groups excluding carboxylic acids is 1. The minimum atomic E-state index is -0.790. The normalized spacial score (nSPS) is 14.2. The molecule has 0 aromatic carbocycles. The first-order valence-corrected chi connectivity index (χ1v) is 6.27. The zero-order valence-corrected chi connectivity index (χ0v) is 12.3. The lowest BCUT2D eigenvalue weighted by Crippen LogP contribution is -2.29. The maximum atomic E-state index is 10.9. The standard InChI is InChI=1S/C14H24O5/c1-6-9-12(18-19-14(2,3)17-5)10-7-8-11-13(15)16-4/h7-8,10-12H,6,9H2,1-5H3/b10-7-,11-8-. The molecule has 0 aliphatic heterocycles. The highest BCUT2D eigenvalue weighted by Crippen LogP contribution is 2.14. The fourth-order valence-electron chi connectivity index (χ4n) is 1.06. The van der Waals surface area contributed by atoms with Crippen LogP contribution in [-0.2, 0) is 24.0 Å². The number of hydrogen-bond acceptors (Lipinski definition) is 5. The predicted molar refractivity (Wildman–Crippen MR) is 72.3 cm³/mol. The lowest BCUT2D eigenvalue weighted by atomic mass is 10.2. The van der Waals surface area contributed by atoms with E-state index in [-0.39, 0.29) is 6.10 Å². The Morgan fingerprint density at radius 3 is 2.47 bits per heavy atom. The fraction of sp³-hybridized carbons (Fsp3) is 0.643. The van der Waals surface area contributed by atoms with E-state index in [9.17, 15) is 4.79 Å². The van der Waals surface area contributed by atoms with Gasteiger partial charge in [0.15, 0.2) is 5.79 Å². The topological polar surface area (TPSA) is 54.0 Å². The third-order valence-corrected chi connectivity index (χ3v) is 2.31. The Labute approximate surface area is 115 Å². The van der Waals surface area contributed by atoms with Crippen molar-refractivity contribution in [3.8, 4) is 0 Å². The van der Waals surface area contributed by atoms with Gasteiger partial charge in [-0.1, -0.05) is 31.6 Å². The Kier molecular flexibility index (Phi) is 9.12. The Bertz CT molecular complexity index is 307. The van der Waals surface area contributed by atoms with Gasteiger partial charge >= 0.3 is 5.97 Å². The first kappa shape index (κ1) is 17.8. The van der Waals surface area contributed by atoms with E-state index in [0.717, 1.165) is 12.8 Å². The Balaban J connectivity index is 4.29. The van der Waals surface area contributed by atoms with Gasteiger partial charge in [0.05, 0.1) is 7.11 Å². The minimum Gasteiger partial charge on any atom is -0.466 e. The molecule has 0 N–H and O–H groups in total. The number of rotatable bonds is 9. The zero-order valence-electron chi connectivity index (χ0n) is 12.3. The van der Waals surface area contributed by atoms with E-state index in [2.05, 4.69) is 11.7 Å². The van der Waals surface area contributed by atoms with E-state index in [1.165, 1.54) is 13.2 Å². The summed E-state index contributed by atoms with van der Waals surface area (Å²) < 4.78 is 9.57.